The number of amides is 1. The molecule has 0 aliphatic heterocycles. The lowest BCUT2D eigenvalue weighted by Gasteiger charge is -2.57. The number of hydrazine groups is 1. The first kappa shape index (κ1) is 23.7. The summed E-state index contributed by atoms with van der Waals surface area (Å²) in [5.74, 6) is 3.83. The van der Waals surface area contributed by atoms with Crippen LogP contribution in [-0.2, 0) is 12.0 Å². The van der Waals surface area contributed by atoms with Crippen LogP contribution < -0.4 is 26.1 Å². The Morgan fingerprint density at radius 3 is 2.30 bits per heavy atom. The van der Waals surface area contributed by atoms with E-state index in [1.807, 2.05) is 54.6 Å². The van der Waals surface area contributed by atoms with Crippen molar-refractivity contribution in [1.82, 2.24) is 5.43 Å². The molecular weight excluding hydrogens is 462 g/mol. The number of methoxy groups -OCH3 is 1. The van der Waals surface area contributed by atoms with Crippen molar-refractivity contribution in [2.45, 2.75) is 50.5 Å². The second-order valence-corrected chi connectivity index (χ2v) is 11.2. The molecule has 0 radical (unpaired) electrons. The van der Waals surface area contributed by atoms with Gasteiger partial charge in [-0.05, 0) is 97.6 Å². The average molecular weight is 498 g/mol. The van der Waals surface area contributed by atoms with Crippen molar-refractivity contribution in [2.75, 3.05) is 18.3 Å². The second kappa shape index (κ2) is 9.66. The van der Waals surface area contributed by atoms with E-state index in [0.29, 0.717) is 29.3 Å². The van der Waals surface area contributed by atoms with Crippen LogP contribution >= 0.6 is 0 Å². The molecule has 1 amide bonds. The third-order valence-corrected chi connectivity index (χ3v) is 8.65. The zero-order chi connectivity index (χ0) is 25.4. The molecule has 3 aromatic rings. The first-order valence-corrected chi connectivity index (χ1v) is 13.3. The van der Waals surface area contributed by atoms with E-state index in [2.05, 4.69) is 16.9 Å². The highest BCUT2D eigenvalue weighted by Crippen LogP contribution is 2.61. The van der Waals surface area contributed by atoms with Gasteiger partial charge < -0.3 is 15.2 Å². The molecule has 192 valence electrons. The molecule has 0 heterocycles. The minimum Gasteiger partial charge on any atom is -0.496 e. The van der Waals surface area contributed by atoms with Gasteiger partial charge in [-0.15, -0.1) is 0 Å². The van der Waals surface area contributed by atoms with Crippen LogP contribution in [0.5, 0.6) is 11.5 Å². The summed E-state index contributed by atoms with van der Waals surface area (Å²) in [6.07, 6.45) is 7.78. The van der Waals surface area contributed by atoms with E-state index in [0.717, 1.165) is 29.1 Å². The maximum absolute atomic E-state index is 13.2. The Hall–Kier alpha value is -3.67. The van der Waals surface area contributed by atoms with Crippen LogP contribution in [0, 0.1) is 17.8 Å². The van der Waals surface area contributed by atoms with E-state index in [1.165, 1.54) is 44.1 Å². The van der Waals surface area contributed by atoms with Gasteiger partial charge >= 0.3 is 0 Å². The predicted molar refractivity (Wildman–Crippen MR) is 146 cm³/mol. The summed E-state index contributed by atoms with van der Waals surface area (Å²) < 4.78 is 11.6. The van der Waals surface area contributed by atoms with Crippen LogP contribution in [-0.4, -0.2) is 13.0 Å². The molecule has 6 heteroatoms. The maximum Gasteiger partial charge on any atom is 0.269 e. The largest absolute Gasteiger partial charge is 0.496 e. The lowest BCUT2D eigenvalue weighted by Crippen LogP contribution is -2.48. The van der Waals surface area contributed by atoms with Gasteiger partial charge in [0, 0.05) is 17.2 Å². The Balaban J connectivity index is 1.14. The molecule has 37 heavy (non-hydrogen) atoms. The first-order chi connectivity index (χ1) is 18.0. The summed E-state index contributed by atoms with van der Waals surface area (Å²) in [6, 6.07) is 21.2. The van der Waals surface area contributed by atoms with Crippen molar-refractivity contribution in [3.8, 4) is 11.5 Å². The Morgan fingerprint density at radius 1 is 0.946 bits per heavy atom. The molecule has 7 rings (SSSR count). The van der Waals surface area contributed by atoms with Crippen LogP contribution in [0.1, 0.15) is 60.0 Å². The standard InChI is InChI=1S/C31H35N3O3/c1-36-29-10-7-24(14-26(29)31-16-21-11-22(17-31)13-23(12-21)18-31)30(35)34-33-28-9-8-25(15-27(28)32)37-19-20-5-3-2-4-6-20/h2-10,14-15,21-23,33H,11-13,16-19,32H2,1H3,(H,34,35). The molecule has 0 spiro atoms. The van der Waals surface area contributed by atoms with Crippen molar-refractivity contribution < 1.29 is 14.3 Å². The molecule has 4 N–H and O–H groups in total. The van der Waals surface area contributed by atoms with Crippen LogP contribution in [0.3, 0.4) is 0 Å². The van der Waals surface area contributed by atoms with Crippen LogP contribution in [0.25, 0.3) is 0 Å². The van der Waals surface area contributed by atoms with Gasteiger partial charge in [-0.3, -0.25) is 15.6 Å². The van der Waals surface area contributed by atoms with Crippen molar-refractivity contribution in [2.24, 2.45) is 17.8 Å². The van der Waals surface area contributed by atoms with Crippen molar-refractivity contribution in [3.05, 3.63) is 83.4 Å². The molecule has 4 bridgehead atoms. The molecule has 6 nitrogen and oxygen atoms in total. The van der Waals surface area contributed by atoms with Gasteiger partial charge in [0.1, 0.15) is 18.1 Å². The molecule has 0 aromatic heterocycles. The summed E-state index contributed by atoms with van der Waals surface area (Å²) >= 11 is 0. The number of benzene rings is 3. The summed E-state index contributed by atoms with van der Waals surface area (Å²) in [6.45, 7) is 0.466. The number of nitrogens with two attached hydrogens (primary N) is 1. The smallest absolute Gasteiger partial charge is 0.269 e. The predicted octanol–water partition coefficient (Wildman–Crippen LogP) is 6.08. The number of carbonyl (C=O) groups is 1. The van der Waals surface area contributed by atoms with Gasteiger partial charge in [-0.1, -0.05) is 30.3 Å². The summed E-state index contributed by atoms with van der Waals surface area (Å²) in [5, 5.41) is 0. The van der Waals surface area contributed by atoms with Gasteiger partial charge in [0.2, 0.25) is 0 Å². The average Bonchev–Trinajstić information content (AvgIpc) is 2.90. The van der Waals surface area contributed by atoms with Gasteiger partial charge in [0.15, 0.2) is 0 Å². The van der Waals surface area contributed by atoms with Gasteiger partial charge in [-0.2, -0.15) is 0 Å². The van der Waals surface area contributed by atoms with Gasteiger partial charge in [0.25, 0.3) is 5.91 Å². The lowest BCUT2D eigenvalue weighted by atomic mass is 9.48. The molecule has 3 aromatic carbocycles. The van der Waals surface area contributed by atoms with E-state index >= 15 is 0 Å². The number of nitrogen functional groups attached to an aromatic ring is 1. The Bertz CT molecular complexity index is 1250. The molecule has 4 aliphatic rings. The molecule has 0 saturated heterocycles. The number of carbonyl (C=O) groups excluding carboxylic acids is 1. The van der Waals surface area contributed by atoms with Crippen LogP contribution in [0.4, 0.5) is 11.4 Å². The fourth-order valence-corrected chi connectivity index (χ4v) is 7.39. The number of anilines is 2. The Labute approximate surface area is 218 Å². The Morgan fingerprint density at radius 2 is 1.65 bits per heavy atom. The first-order valence-electron chi connectivity index (χ1n) is 13.3. The quantitative estimate of drug-likeness (QED) is 0.259. The fourth-order valence-electron chi connectivity index (χ4n) is 7.39. The van der Waals surface area contributed by atoms with Crippen molar-refractivity contribution in [3.63, 3.8) is 0 Å². The summed E-state index contributed by atoms with van der Waals surface area (Å²) in [4.78, 5) is 13.2. The maximum atomic E-state index is 13.2. The second-order valence-electron chi connectivity index (χ2n) is 11.2. The summed E-state index contributed by atoms with van der Waals surface area (Å²) in [7, 11) is 1.73. The summed E-state index contributed by atoms with van der Waals surface area (Å²) in [5.41, 5.74) is 16.2. The highest BCUT2D eigenvalue weighted by atomic mass is 16.5. The third kappa shape index (κ3) is 4.73. The molecule has 4 aliphatic carbocycles. The topological polar surface area (TPSA) is 85.6 Å². The van der Waals surface area contributed by atoms with E-state index in [-0.39, 0.29) is 11.3 Å². The number of hydrogen-bond donors (Lipinski definition) is 3. The zero-order valence-corrected chi connectivity index (χ0v) is 21.3. The number of rotatable bonds is 8. The number of hydrogen-bond acceptors (Lipinski definition) is 5. The Kier molecular flexibility index (Phi) is 6.19. The highest BCUT2D eigenvalue weighted by molar-refractivity contribution is 5.95. The highest BCUT2D eigenvalue weighted by Gasteiger charge is 2.52. The van der Waals surface area contributed by atoms with E-state index in [4.69, 9.17) is 15.2 Å². The van der Waals surface area contributed by atoms with Gasteiger partial charge in [0.05, 0.1) is 18.5 Å². The monoisotopic (exact) mass is 497 g/mol. The SMILES string of the molecule is COc1ccc(C(=O)NNc2ccc(OCc3ccccc3)cc2N)cc1C12CC3CC(CC(C3)C1)C2. The van der Waals surface area contributed by atoms with E-state index in [9.17, 15) is 4.79 Å². The van der Waals surface area contributed by atoms with Crippen LogP contribution in [0.15, 0.2) is 66.7 Å². The lowest BCUT2D eigenvalue weighted by molar-refractivity contribution is -0.00617. The third-order valence-electron chi connectivity index (χ3n) is 8.65. The fraction of sp³-hybridized carbons (Fsp3) is 0.387. The van der Waals surface area contributed by atoms with E-state index in [1.54, 1.807) is 13.2 Å². The minimum absolute atomic E-state index is 0.143. The normalized spacial score (nSPS) is 25.5. The van der Waals surface area contributed by atoms with Gasteiger partial charge in [-0.25, -0.2) is 0 Å². The molecule has 4 saturated carbocycles. The zero-order valence-electron chi connectivity index (χ0n) is 21.3. The minimum atomic E-state index is -0.197. The van der Waals surface area contributed by atoms with Crippen molar-refractivity contribution in [1.29, 1.82) is 0 Å². The van der Waals surface area contributed by atoms with Crippen molar-refractivity contribution >= 4 is 17.3 Å². The van der Waals surface area contributed by atoms with Crippen LogP contribution in [0.2, 0.25) is 0 Å². The molecule has 4 fully saturated rings. The number of nitrogens with one attached hydrogen (secondary N) is 2. The van der Waals surface area contributed by atoms with E-state index < -0.39 is 0 Å². The number of ether oxygens (including phenoxy) is 2. The molecular formula is C31H35N3O3. The molecule has 0 unspecified atom stereocenters. The molecule has 0 atom stereocenters.